The second-order valence-corrected chi connectivity index (χ2v) is 3.41. The molecule has 1 heterocycles. The van der Waals surface area contributed by atoms with Crippen molar-refractivity contribution >= 4 is 18.1 Å². The van der Waals surface area contributed by atoms with Crippen molar-refractivity contribution in [1.82, 2.24) is 9.97 Å². The van der Waals surface area contributed by atoms with Crippen LogP contribution in [0.5, 0.6) is 0 Å². The predicted molar refractivity (Wildman–Crippen MR) is 66.5 cm³/mol. The molecule has 0 amide bonds. The van der Waals surface area contributed by atoms with Crippen LogP contribution >= 0.6 is 0 Å². The minimum Gasteiger partial charge on any atom is -0.368 e. The van der Waals surface area contributed by atoms with Gasteiger partial charge in [0.25, 0.3) is 0 Å². The van der Waals surface area contributed by atoms with E-state index in [1.54, 1.807) is 24.4 Å². The van der Waals surface area contributed by atoms with Gasteiger partial charge in [-0.25, -0.2) is 9.97 Å². The molecule has 0 aliphatic heterocycles. The van der Waals surface area contributed by atoms with E-state index in [0.29, 0.717) is 5.56 Å². The molecule has 0 spiro atoms. The summed E-state index contributed by atoms with van der Waals surface area (Å²) in [5, 5.41) is 8.67. The van der Waals surface area contributed by atoms with Crippen LogP contribution in [0.15, 0.2) is 36.5 Å². The Morgan fingerprint density at radius 2 is 1.88 bits per heavy atom. The molecule has 0 radical (unpaired) electrons. The van der Waals surface area contributed by atoms with Gasteiger partial charge in [0.1, 0.15) is 0 Å². The Bertz CT molecular complexity index is 579. The van der Waals surface area contributed by atoms with Crippen molar-refractivity contribution < 1.29 is 0 Å². The molecule has 82 valence electrons. The highest BCUT2D eigenvalue weighted by atomic mass is 15.0. The van der Waals surface area contributed by atoms with E-state index < -0.39 is 0 Å². The van der Waals surface area contributed by atoms with Gasteiger partial charge in [0.2, 0.25) is 5.95 Å². The molecule has 4 nitrogen and oxygen atoms in total. The topological polar surface area (TPSA) is 75.6 Å². The van der Waals surface area contributed by atoms with E-state index >= 15 is 0 Å². The third-order valence-corrected chi connectivity index (χ3v) is 2.18. The van der Waals surface area contributed by atoms with E-state index in [0.717, 1.165) is 11.3 Å². The number of nitriles is 1. The molecular weight excluding hydrogens is 212 g/mol. The van der Waals surface area contributed by atoms with E-state index in [9.17, 15) is 0 Å². The average Bonchev–Trinajstić information content (AvgIpc) is 2.37. The minimum absolute atomic E-state index is 0.256. The Morgan fingerprint density at radius 3 is 2.53 bits per heavy atom. The van der Waals surface area contributed by atoms with Crippen LogP contribution in [0.1, 0.15) is 16.8 Å². The maximum absolute atomic E-state index is 8.67. The third-order valence-electron chi connectivity index (χ3n) is 2.18. The molecule has 0 aliphatic carbocycles. The molecule has 0 unspecified atom stereocenters. The number of hydrogen-bond donors (Lipinski definition) is 1. The summed E-state index contributed by atoms with van der Waals surface area (Å²) in [6.07, 6.45) is 5.36. The average molecular weight is 222 g/mol. The van der Waals surface area contributed by atoms with Gasteiger partial charge in [0.05, 0.1) is 17.3 Å². The molecule has 2 rings (SSSR count). The Balaban J connectivity index is 2.17. The summed E-state index contributed by atoms with van der Waals surface area (Å²) in [6, 6.07) is 11.1. The largest absolute Gasteiger partial charge is 0.368 e. The standard InChI is InChI=1S/C13H10N4/c14-9-11-3-1-10(2-4-11)5-6-12-7-8-16-13(15)17-12/h1-8H,(H2,15,16,17)/b6-5+. The van der Waals surface area contributed by atoms with Crippen LogP contribution in [0.2, 0.25) is 0 Å². The maximum atomic E-state index is 8.67. The maximum Gasteiger partial charge on any atom is 0.220 e. The lowest BCUT2D eigenvalue weighted by molar-refractivity contribution is 1.17. The fourth-order valence-corrected chi connectivity index (χ4v) is 1.33. The van der Waals surface area contributed by atoms with Gasteiger partial charge in [-0.3, -0.25) is 0 Å². The van der Waals surface area contributed by atoms with Crippen LogP contribution in [0.4, 0.5) is 5.95 Å². The molecule has 0 fully saturated rings. The lowest BCUT2D eigenvalue weighted by Gasteiger charge is -1.95. The minimum atomic E-state index is 0.256. The quantitative estimate of drug-likeness (QED) is 0.844. The Morgan fingerprint density at radius 1 is 1.12 bits per heavy atom. The highest BCUT2D eigenvalue weighted by Gasteiger charge is 1.92. The fraction of sp³-hybridized carbons (Fsp3) is 0. The molecule has 2 aromatic rings. The number of aromatic nitrogens is 2. The Hall–Kier alpha value is -2.67. The van der Waals surface area contributed by atoms with Gasteiger partial charge in [0, 0.05) is 6.20 Å². The van der Waals surface area contributed by atoms with Gasteiger partial charge in [-0.1, -0.05) is 18.2 Å². The van der Waals surface area contributed by atoms with Gasteiger partial charge in [-0.2, -0.15) is 5.26 Å². The van der Waals surface area contributed by atoms with E-state index in [-0.39, 0.29) is 5.95 Å². The number of anilines is 1. The summed E-state index contributed by atoms with van der Waals surface area (Å²) in [4.78, 5) is 7.86. The number of hydrogen-bond acceptors (Lipinski definition) is 4. The number of nitrogen functional groups attached to an aromatic ring is 1. The first-order valence-electron chi connectivity index (χ1n) is 5.05. The molecule has 4 heteroatoms. The highest BCUT2D eigenvalue weighted by Crippen LogP contribution is 2.08. The Labute approximate surface area is 99.1 Å². The molecule has 0 bridgehead atoms. The van der Waals surface area contributed by atoms with Gasteiger partial charge < -0.3 is 5.73 Å². The normalized spacial score (nSPS) is 10.3. The van der Waals surface area contributed by atoms with Crippen molar-refractivity contribution in [3.63, 3.8) is 0 Å². The van der Waals surface area contributed by atoms with Crippen LogP contribution in [-0.2, 0) is 0 Å². The highest BCUT2D eigenvalue weighted by molar-refractivity contribution is 5.68. The van der Waals surface area contributed by atoms with Crippen molar-refractivity contribution in [2.75, 3.05) is 5.73 Å². The van der Waals surface area contributed by atoms with Crippen molar-refractivity contribution in [3.05, 3.63) is 53.3 Å². The molecule has 0 atom stereocenters. The van der Waals surface area contributed by atoms with Gasteiger partial charge in [0.15, 0.2) is 0 Å². The van der Waals surface area contributed by atoms with Crippen molar-refractivity contribution in [2.45, 2.75) is 0 Å². The number of benzene rings is 1. The van der Waals surface area contributed by atoms with Crippen LogP contribution < -0.4 is 5.73 Å². The first-order chi connectivity index (χ1) is 8.28. The number of nitrogens with zero attached hydrogens (tertiary/aromatic N) is 3. The second-order valence-electron chi connectivity index (χ2n) is 3.41. The molecule has 0 saturated carbocycles. The third kappa shape index (κ3) is 2.89. The van der Waals surface area contributed by atoms with Crippen molar-refractivity contribution in [3.8, 4) is 6.07 Å². The monoisotopic (exact) mass is 222 g/mol. The summed E-state index contributed by atoms with van der Waals surface area (Å²) < 4.78 is 0. The van der Waals surface area contributed by atoms with Crippen molar-refractivity contribution in [2.24, 2.45) is 0 Å². The SMILES string of the molecule is N#Cc1ccc(/C=C/c2ccnc(N)n2)cc1. The smallest absolute Gasteiger partial charge is 0.220 e. The van der Waals surface area contributed by atoms with E-state index in [2.05, 4.69) is 16.0 Å². The van der Waals surface area contributed by atoms with Gasteiger partial charge >= 0.3 is 0 Å². The molecule has 0 aliphatic rings. The van der Waals surface area contributed by atoms with Crippen LogP contribution in [0.25, 0.3) is 12.2 Å². The summed E-state index contributed by atoms with van der Waals surface area (Å²) in [7, 11) is 0. The zero-order valence-electron chi connectivity index (χ0n) is 9.04. The van der Waals surface area contributed by atoms with Gasteiger partial charge in [-0.05, 0) is 29.8 Å². The lowest BCUT2D eigenvalue weighted by Crippen LogP contribution is -1.94. The molecule has 1 aromatic carbocycles. The van der Waals surface area contributed by atoms with Crippen molar-refractivity contribution in [1.29, 1.82) is 5.26 Å². The number of nitrogens with two attached hydrogens (primary N) is 1. The molecule has 2 N–H and O–H groups in total. The molecule has 1 aromatic heterocycles. The van der Waals surface area contributed by atoms with Crippen LogP contribution in [-0.4, -0.2) is 9.97 Å². The number of rotatable bonds is 2. The zero-order chi connectivity index (χ0) is 12.1. The van der Waals surface area contributed by atoms with E-state index in [4.69, 9.17) is 11.0 Å². The molecular formula is C13H10N4. The molecule has 17 heavy (non-hydrogen) atoms. The zero-order valence-corrected chi connectivity index (χ0v) is 9.04. The van der Waals surface area contributed by atoms with Gasteiger partial charge in [-0.15, -0.1) is 0 Å². The van der Waals surface area contributed by atoms with E-state index in [1.807, 2.05) is 24.3 Å². The second kappa shape index (κ2) is 4.90. The summed E-state index contributed by atoms with van der Waals surface area (Å²) in [5.41, 5.74) is 7.87. The first kappa shape index (κ1) is 10.8. The van der Waals surface area contributed by atoms with Crippen LogP contribution in [0, 0.1) is 11.3 Å². The summed E-state index contributed by atoms with van der Waals surface area (Å²) in [5.74, 6) is 0.256. The summed E-state index contributed by atoms with van der Waals surface area (Å²) in [6.45, 7) is 0. The van der Waals surface area contributed by atoms with Crippen LogP contribution in [0.3, 0.4) is 0 Å². The predicted octanol–water partition coefficient (Wildman–Crippen LogP) is 2.10. The fourth-order valence-electron chi connectivity index (χ4n) is 1.33. The molecule has 0 saturated heterocycles. The van der Waals surface area contributed by atoms with E-state index in [1.165, 1.54) is 0 Å². The lowest BCUT2D eigenvalue weighted by atomic mass is 10.1. The first-order valence-corrected chi connectivity index (χ1v) is 5.05. The summed E-state index contributed by atoms with van der Waals surface area (Å²) >= 11 is 0. The Kier molecular flexibility index (Phi) is 3.13.